The number of carbonyl (C=O) groups is 1. The van der Waals surface area contributed by atoms with Crippen LogP contribution in [0.15, 0.2) is 11.3 Å². The van der Waals surface area contributed by atoms with Crippen LogP contribution < -0.4 is 5.32 Å². The summed E-state index contributed by atoms with van der Waals surface area (Å²) < 4.78 is 0. The van der Waals surface area contributed by atoms with Crippen LogP contribution in [0.5, 0.6) is 0 Å². The van der Waals surface area contributed by atoms with Crippen molar-refractivity contribution in [2.45, 2.75) is 64.6 Å². The van der Waals surface area contributed by atoms with Gasteiger partial charge in [0.15, 0.2) is 0 Å². The van der Waals surface area contributed by atoms with Crippen LogP contribution in [-0.4, -0.2) is 20.5 Å². The summed E-state index contributed by atoms with van der Waals surface area (Å²) in [6, 6.07) is 0. The van der Waals surface area contributed by atoms with Crippen LogP contribution in [0.25, 0.3) is 0 Å². The summed E-state index contributed by atoms with van der Waals surface area (Å²) in [6.45, 7) is 12.4. The van der Waals surface area contributed by atoms with Gasteiger partial charge in [0, 0.05) is 12.1 Å². The molecule has 0 spiro atoms. The van der Waals surface area contributed by atoms with Crippen molar-refractivity contribution in [2.24, 2.45) is 0 Å². The normalized spacial score (nSPS) is 21.9. The lowest BCUT2D eigenvalue weighted by molar-refractivity contribution is -0.117. The zero-order valence-corrected chi connectivity index (χ0v) is 13.0. The Balaban J connectivity index is 2.90. The van der Waals surface area contributed by atoms with Gasteiger partial charge in [-0.3, -0.25) is 4.79 Å². The molecule has 1 amide bonds. The predicted octanol–water partition coefficient (Wildman–Crippen LogP) is 3.65. The molecule has 3 heteroatoms. The van der Waals surface area contributed by atoms with Crippen molar-refractivity contribution in [3.8, 4) is 0 Å². The van der Waals surface area contributed by atoms with E-state index >= 15 is 0 Å². The van der Waals surface area contributed by atoms with E-state index in [1.54, 1.807) is 0 Å². The molecular weight excluding hydrogens is 226 g/mol. The van der Waals surface area contributed by atoms with Crippen molar-refractivity contribution < 1.29 is 4.79 Å². The van der Waals surface area contributed by atoms with Gasteiger partial charge in [-0.2, -0.15) is 0 Å². The van der Waals surface area contributed by atoms with E-state index in [9.17, 15) is 4.79 Å². The number of nitrogens with one attached hydrogen (secondary N) is 1. The Morgan fingerprint density at radius 2 is 1.82 bits per heavy atom. The van der Waals surface area contributed by atoms with Crippen LogP contribution in [0.3, 0.4) is 0 Å². The smallest absolute Gasteiger partial charge is 0.246 e. The van der Waals surface area contributed by atoms with E-state index in [0.29, 0.717) is 5.04 Å². The van der Waals surface area contributed by atoms with Crippen molar-refractivity contribution in [3.63, 3.8) is 0 Å². The molecule has 0 radical (unpaired) electrons. The number of hydrogen-bond acceptors (Lipinski definition) is 1. The maximum atomic E-state index is 12.0. The van der Waals surface area contributed by atoms with Crippen molar-refractivity contribution in [3.05, 3.63) is 11.3 Å². The second kappa shape index (κ2) is 5.38. The molecule has 0 aromatic rings. The molecule has 2 nitrogen and oxygen atoms in total. The minimum atomic E-state index is -1.50. The van der Waals surface area contributed by atoms with E-state index in [4.69, 9.17) is 0 Å². The number of carbonyl (C=O) groups excluding carboxylic acids is 1. The molecule has 0 saturated carbocycles. The van der Waals surface area contributed by atoms with E-state index in [0.717, 1.165) is 31.4 Å². The fourth-order valence-electron chi connectivity index (χ4n) is 1.84. The Morgan fingerprint density at radius 1 is 1.18 bits per heavy atom. The van der Waals surface area contributed by atoms with Gasteiger partial charge >= 0.3 is 0 Å². The first-order chi connectivity index (χ1) is 7.74. The standard InChI is InChI=1S/C14H27NOSi/c1-14(2,3)17(4,5)11-12-9-7-6-8-10-15-13(12)16/h11H,6-10H2,1-5H3,(H,15,16)/b12-11+. The van der Waals surface area contributed by atoms with Crippen molar-refractivity contribution in [1.82, 2.24) is 5.32 Å². The molecule has 17 heavy (non-hydrogen) atoms. The van der Waals surface area contributed by atoms with Gasteiger partial charge in [0.1, 0.15) is 0 Å². The zero-order chi connectivity index (χ0) is 13.1. The Morgan fingerprint density at radius 3 is 2.41 bits per heavy atom. The lowest BCUT2D eigenvalue weighted by Crippen LogP contribution is -2.37. The molecule has 1 heterocycles. The van der Waals surface area contributed by atoms with E-state index in [1.165, 1.54) is 6.42 Å². The predicted molar refractivity (Wildman–Crippen MR) is 76.8 cm³/mol. The maximum Gasteiger partial charge on any atom is 0.246 e. The number of amides is 1. The van der Waals surface area contributed by atoms with Gasteiger partial charge in [-0.05, 0) is 24.3 Å². The van der Waals surface area contributed by atoms with Crippen LogP contribution >= 0.6 is 0 Å². The third-order valence-electron chi connectivity index (χ3n) is 4.17. The molecule has 98 valence electrons. The third kappa shape index (κ3) is 3.98. The zero-order valence-electron chi connectivity index (χ0n) is 12.0. The second-order valence-corrected chi connectivity index (χ2v) is 11.9. The van der Waals surface area contributed by atoms with Crippen LogP contribution in [0.4, 0.5) is 0 Å². The Labute approximate surface area is 107 Å². The molecule has 0 unspecified atom stereocenters. The summed E-state index contributed by atoms with van der Waals surface area (Å²) in [5, 5.41) is 3.33. The molecule has 1 N–H and O–H groups in total. The topological polar surface area (TPSA) is 29.1 Å². The minimum Gasteiger partial charge on any atom is -0.352 e. The van der Waals surface area contributed by atoms with Gasteiger partial charge in [0.2, 0.25) is 5.91 Å². The molecule has 0 aromatic heterocycles. The number of rotatable bonds is 1. The highest BCUT2D eigenvalue weighted by Crippen LogP contribution is 2.37. The highest BCUT2D eigenvalue weighted by atomic mass is 28.3. The summed E-state index contributed by atoms with van der Waals surface area (Å²) in [7, 11) is -1.50. The highest BCUT2D eigenvalue weighted by molar-refractivity contribution is 6.85. The van der Waals surface area contributed by atoms with Gasteiger partial charge < -0.3 is 5.32 Å². The highest BCUT2D eigenvalue weighted by Gasteiger charge is 2.34. The van der Waals surface area contributed by atoms with Crippen LogP contribution in [0, 0.1) is 0 Å². The first-order valence-electron chi connectivity index (χ1n) is 6.74. The first-order valence-corrected chi connectivity index (χ1v) is 9.82. The van der Waals surface area contributed by atoms with E-state index in [2.05, 4.69) is 44.9 Å². The van der Waals surface area contributed by atoms with E-state index < -0.39 is 8.07 Å². The summed E-state index contributed by atoms with van der Waals surface area (Å²) >= 11 is 0. The van der Waals surface area contributed by atoms with Gasteiger partial charge in [-0.1, -0.05) is 46.0 Å². The van der Waals surface area contributed by atoms with Crippen LogP contribution in [0.2, 0.25) is 18.1 Å². The molecule has 1 aliphatic heterocycles. The molecule has 1 saturated heterocycles. The SMILES string of the molecule is CC(C)(C)[Si](C)(C)/C=C1\CCCCCNC1=O. The van der Waals surface area contributed by atoms with Crippen molar-refractivity contribution in [1.29, 1.82) is 0 Å². The quantitative estimate of drug-likeness (QED) is 0.561. The molecule has 1 fully saturated rings. The second-order valence-electron chi connectivity index (χ2n) is 6.71. The average molecular weight is 253 g/mol. The van der Waals surface area contributed by atoms with Gasteiger partial charge in [0.05, 0.1) is 8.07 Å². The van der Waals surface area contributed by atoms with E-state index in [1.807, 2.05) is 0 Å². The van der Waals surface area contributed by atoms with Gasteiger partial charge in [0.25, 0.3) is 0 Å². The molecule has 1 aliphatic rings. The Bertz CT molecular complexity index is 313. The van der Waals surface area contributed by atoms with Gasteiger partial charge in [-0.15, -0.1) is 0 Å². The monoisotopic (exact) mass is 253 g/mol. The maximum absolute atomic E-state index is 12.0. The largest absolute Gasteiger partial charge is 0.352 e. The summed E-state index contributed by atoms with van der Waals surface area (Å²) in [6.07, 6.45) is 4.47. The first kappa shape index (κ1) is 14.5. The molecular formula is C14H27NOSi. The fraction of sp³-hybridized carbons (Fsp3) is 0.786. The van der Waals surface area contributed by atoms with Gasteiger partial charge in [-0.25, -0.2) is 0 Å². The van der Waals surface area contributed by atoms with Crippen molar-refractivity contribution in [2.75, 3.05) is 6.54 Å². The lowest BCUT2D eigenvalue weighted by Gasteiger charge is -2.35. The van der Waals surface area contributed by atoms with Crippen LogP contribution in [0.1, 0.15) is 46.5 Å². The van der Waals surface area contributed by atoms with E-state index in [-0.39, 0.29) is 5.91 Å². The Hall–Kier alpha value is -0.573. The molecule has 0 aliphatic carbocycles. The third-order valence-corrected chi connectivity index (χ3v) is 9.10. The Kier molecular flexibility index (Phi) is 4.59. The lowest BCUT2D eigenvalue weighted by atomic mass is 10.1. The average Bonchev–Trinajstić information content (AvgIpc) is 2.16. The number of hydrogen-bond donors (Lipinski definition) is 1. The minimum absolute atomic E-state index is 0.175. The molecule has 1 rings (SSSR count). The summed E-state index contributed by atoms with van der Waals surface area (Å²) in [5.74, 6) is 0.175. The molecule has 0 atom stereocenters. The molecule has 0 bridgehead atoms. The van der Waals surface area contributed by atoms with Crippen LogP contribution in [-0.2, 0) is 4.79 Å². The molecule has 0 aromatic carbocycles. The summed E-state index contributed by atoms with van der Waals surface area (Å²) in [4.78, 5) is 12.0. The van der Waals surface area contributed by atoms with Crippen molar-refractivity contribution >= 4 is 14.0 Å². The fourth-order valence-corrected chi connectivity index (χ4v) is 3.42. The summed E-state index contributed by atoms with van der Waals surface area (Å²) in [5.41, 5.74) is 3.37.